The Morgan fingerprint density at radius 2 is 1.56 bits per heavy atom. The van der Waals surface area contributed by atoms with E-state index in [9.17, 15) is 18.0 Å². The standard InChI is InChI=1S/C26H22N2O5S/c1-17(25(29)19-12-14-20(15-13-19)28-34(2,31)32)33-26(30)22-16-24(18-8-4-3-5-9-18)27-23-11-7-6-10-21(22)23/h3-17,28H,1-2H3. The van der Waals surface area contributed by atoms with Crippen LogP contribution in [0.2, 0.25) is 0 Å². The highest BCUT2D eigenvalue weighted by Crippen LogP contribution is 2.26. The molecule has 0 amide bonds. The number of carbonyl (C=O) groups excluding carboxylic acids is 2. The summed E-state index contributed by atoms with van der Waals surface area (Å²) >= 11 is 0. The highest BCUT2D eigenvalue weighted by molar-refractivity contribution is 7.92. The van der Waals surface area contributed by atoms with Crippen molar-refractivity contribution >= 4 is 38.4 Å². The van der Waals surface area contributed by atoms with Gasteiger partial charge in [-0.1, -0.05) is 48.5 Å². The first-order valence-electron chi connectivity index (χ1n) is 10.5. The van der Waals surface area contributed by atoms with Crippen molar-refractivity contribution in [1.82, 2.24) is 4.98 Å². The number of hydrogen-bond donors (Lipinski definition) is 1. The van der Waals surface area contributed by atoms with E-state index in [2.05, 4.69) is 9.71 Å². The maximum atomic E-state index is 13.1. The lowest BCUT2D eigenvalue weighted by molar-refractivity contribution is 0.0320. The molecule has 1 unspecified atom stereocenters. The molecular formula is C26H22N2O5S. The number of nitrogens with one attached hydrogen (secondary N) is 1. The van der Waals surface area contributed by atoms with E-state index in [0.717, 1.165) is 11.8 Å². The van der Waals surface area contributed by atoms with Crippen LogP contribution in [-0.2, 0) is 14.8 Å². The number of esters is 1. The summed E-state index contributed by atoms with van der Waals surface area (Å²) in [6, 6.07) is 24.3. The van der Waals surface area contributed by atoms with Crippen LogP contribution in [0.25, 0.3) is 22.2 Å². The van der Waals surface area contributed by atoms with Crippen LogP contribution in [0.3, 0.4) is 0 Å². The van der Waals surface area contributed by atoms with E-state index in [1.54, 1.807) is 12.1 Å². The van der Waals surface area contributed by atoms with E-state index >= 15 is 0 Å². The van der Waals surface area contributed by atoms with Crippen molar-refractivity contribution in [3.05, 3.63) is 96.1 Å². The lowest BCUT2D eigenvalue weighted by Gasteiger charge is -2.15. The number of hydrogen-bond acceptors (Lipinski definition) is 6. The van der Waals surface area contributed by atoms with Crippen LogP contribution in [0.4, 0.5) is 5.69 Å². The average molecular weight is 475 g/mol. The van der Waals surface area contributed by atoms with Gasteiger partial charge in [0.2, 0.25) is 15.8 Å². The third-order valence-corrected chi connectivity index (χ3v) is 5.74. The Balaban J connectivity index is 1.58. The molecule has 0 radical (unpaired) electrons. The smallest absolute Gasteiger partial charge is 0.339 e. The number of anilines is 1. The van der Waals surface area contributed by atoms with Crippen molar-refractivity contribution in [2.45, 2.75) is 13.0 Å². The van der Waals surface area contributed by atoms with Crippen molar-refractivity contribution in [3.63, 3.8) is 0 Å². The fraction of sp³-hybridized carbons (Fsp3) is 0.115. The number of para-hydroxylation sites is 1. The Morgan fingerprint density at radius 1 is 0.912 bits per heavy atom. The van der Waals surface area contributed by atoms with Gasteiger partial charge in [-0.25, -0.2) is 18.2 Å². The molecule has 34 heavy (non-hydrogen) atoms. The van der Waals surface area contributed by atoms with Gasteiger partial charge in [0.1, 0.15) is 0 Å². The second-order valence-electron chi connectivity index (χ2n) is 7.80. The van der Waals surface area contributed by atoms with E-state index in [-0.39, 0.29) is 0 Å². The van der Waals surface area contributed by atoms with Crippen molar-refractivity contribution in [1.29, 1.82) is 0 Å². The second kappa shape index (κ2) is 9.44. The molecule has 0 fully saturated rings. The molecule has 3 aromatic carbocycles. The molecule has 8 heteroatoms. The van der Waals surface area contributed by atoms with Crippen molar-refractivity contribution < 1.29 is 22.7 Å². The SMILES string of the molecule is CC(OC(=O)c1cc(-c2ccccc2)nc2ccccc12)C(=O)c1ccc(NS(C)(=O)=O)cc1. The van der Waals surface area contributed by atoms with Crippen LogP contribution in [0.5, 0.6) is 0 Å². The van der Waals surface area contributed by atoms with Gasteiger partial charge in [0.05, 0.1) is 23.0 Å². The lowest BCUT2D eigenvalue weighted by Crippen LogP contribution is -2.24. The number of benzene rings is 3. The van der Waals surface area contributed by atoms with Gasteiger partial charge >= 0.3 is 5.97 Å². The number of sulfonamides is 1. The maximum absolute atomic E-state index is 13.1. The topological polar surface area (TPSA) is 102 Å². The van der Waals surface area contributed by atoms with Gasteiger partial charge in [-0.05, 0) is 43.3 Å². The summed E-state index contributed by atoms with van der Waals surface area (Å²) in [6.45, 7) is 1.50. The van der Waals surface area contributed by atoms with Gasteiger partial charge in [-0.3, -0.25) is 9.52 Å². The summed E-state index contributed by atoms with van der Waals surface area (Å²) in [5.74, 6) is -1.03. The second-order valence-corrected chi connectivity index (χ2v) is 9.55. The van der Waals surface area contributed by atoms with Crippen LogP contribution in [-0.4, -0.2) is 37.5 Å². The third kappa shape index (κ3) is 5.29. The molecule has 0 saturated carbocycles. The van der Waals surface area contributed by atoms with Crippen LogP contribution in [0.15, 0.2) is 84.9 Å². The first kappa shape index (κ1) is 23.1. The van der Waals surface area contributed by atoms with Gasteiger partial charge < -0.3 is 4.74 Å². The quantitative estimate of drug-likeness (QED) is 0.308. The first-order valence-corrected chi connectivity index (χ1v) is 12.4. The molecule has 0 aliphatic heterocycles. The van der Waals surface area contributed by atoms with Crippen molar-refractivity contribution in [2.75, 3.05) is 11.0 Å². The predicted molar refractivity (Wildman–Crippen MR) is 131 cm³/mol. The van der Waals surface area contributed by atoms with Crippen LogP contribution < -0.4 is 4.72 Å². The average Bonchev–Trinajstić information content (AvgIpc) is 2.83. The van der Waals surface area contributed by atoms with Crippen LogP contribution in [0, 0.1) is 0 Å². The highest BCUT2D eigenvalue weighted by atomic mass is 32.2. The third-order valence-electron chi connectivity index (χ3n) is 5.13. The van der Waals surface area contributed by atoms with Crippen molar-refractivity contribution in [3.8, 4) is 11.3 Å². The zero-order valence-electron chi connectivity index (χ0n) is 18.6. The molecule has 1 atom stereocenters. The first-order chi connectivity index (χ1) is 16.2. The molecule has 1 aromatic heterocycles. The van der Waals surface area contributed by atoms with Gasteiger partial charge in [0.25, 0.3) is 0 Å². The van der Waals surface area contributed by atoms with Gasteiger partial charge in [-0.2, -0.15) is 0 Å². The molecule has 0 aliphatic carbocycles. The molecule has 4 aromatic rings. The number of pyridine rings is 1. The molecule has 4 rings (SSSR count). The molecule has 1 N–H and O–H groups in total. The Morgan fingerprint density at radius 3 is 2.24 bits per heavy atom. The number of ether oxygens (including phenoxy) is 1. The minimum Gasteiger partial charge on any atom is -0.451 e. The van der Waals surface area contributed by atoms with E-state index in [4.69, 9.17) is 4.74 Å². The molecule has 0 aliphatic rings. The molecule has 0 saturated heterocycles. The largest absolute Gasteiger partial charge is 0.451 e. The number of rotatable bonds is 7. The molecule has 7 nitrogen and oxygen atoms in total. The number of nitrogens with zero attached hydrogens (tertiary/aromatic N) is 1. The van der Waals surface area contributed by atoms with Crippen LogP contribution >= 0.6 is 0 Å². The van der Waals surface area contributed by atoms with Gasteiger partial charge in [0, 0.05) is 22.2 Å². The minimum absolute atomic E-state index is 0.295. The predicted octanol–water partition coefficient (Wildman–Crippen LogP) is 4.70. The monoisotopic (exact) mass is 474 g/mol. The van der Waals surface area contributed by atoms with E-state index in [1.807, 2.05) is 48.5 Å². The Bertz CT molecular complexity index is 1470. The number of fused-ring (bicyclic) bond motifs is 1. The fourth-order valence-corrected chi connectivity index (χ4v) is 4.09. The summed E-state index contributed by atoms with van der Waals surface area (Å²) in [7, 11) is -3.42. The minimum atomic E-state index is -3.42. The van der Waals surface area contributed by atoms with Gasteiger partial charge in [0.15, 0.2) is 6.10 Å². The number of carbonyl (C=O) groups is 2. The van der Waals surface area contributed by atoms with E-state index in [1.165, 1.54) is 31.2 Å². The summed E-state index contributed by atoms with van der Waals surface area (Å²) in [5, 5.41) is 0.628. The summed E-state index contributed by atoms with van der Waals surface area (Å²) in [5.41, 5.74) is 3.07. The number of aromatic nitrogens is 1. The van der Waals surface area contributed by atoms with E-state index in [0.29, 0.717) is 33.4 Å². The summed E-state index contributed by atoms with van der Waals surface area (Å²) in [6.07, 6.45) is -0.00658. The zero-order chi connectivity index (χ0) is 24.3. The molecule has 0 spiro atoms. The normalized spacial score (nSPS) is 12.2. The van der Waals surface area contributed by atoms with E-state index < -0.39 is 27.9 Å². The molecule has 0 bridgehead atoms. The highest BCUT2D eigenvalue weighted by Gasteiger charge is 2.23. The molecular weight excluding hydrogens is 452 g/mol. The van der Waals surface area contributed by atoms with Gasteiger partial charge in [-0.15, -0.1) is 0 Å². The molecule has 1 heterocycles. The summed E-state index contributed by atoms with van der Waals surface area (Å²) in [4.78, 5) is 30.6. The lowest BCUT2D eigenvalue weighted by atomic mass is 10.0. The van der Waals surface area contributed by atoms with Crippen molar-refractivity contribution in [2.24, 2.45) is 0 Å². The van der Waals surface area contributed by atoms with Crippen LogP contribution in [0.1, 0.15) is 27.6 Å². The molecule has 172 valence electrons. The maximum Gasteiger partial charge on any atom is 0.339 e. The fourth-order valence-electron chi connectivity index (χ4n) is 3.53. The Hall–Kier alpha value is -4.04. The number of ketones is 1. The Labute approximate surface area is 197 Å². The Kier molecular flexibility index (Phi) is 6.43. The number of Topliss-reactive ketones (excluding diaryl/α,β-unsaturated/α-hetero) is 1. The zero-order valence-corrected chi connectivity index (χ0v) is 19.4. The summed E-state index contributed by atoms with van der Waals surface area (Å²) < 4.78 is 30.6.